The molecule has 0 aromatic heterocycles. The lowest BCUT2D eigenvalue weighted by Crippen LogP contribution is -2.43. The monoisotopic (exact) mass is 414 g/mol. The maximum absolute atomic E-state index is 14.8. The van der Waals surface area contributed by atoms with Gasteiger partial charge in [0.15, 0.2) is 11.6 Å². The molecular formula is C20H19F4OPS. The summed E-state index contributed by atoms with van der Waals surface area (Å²) in [5.74, 6) is -0.997. The van der Waals surface area contributed by atoms with Crippen molar-refractivity contribution < 1.29 is 22.3 Å². The van der Waals surface area contributed by atoms with Gasteiger partial charge in [0, 0.05) is 21.9 Å². The van der Waals surface area contributed by atoms with Crippen LogP contribution in [0.1, 0.15) is 36.8 Å². The summed E-state index contributed by atoms with van der Waals surface area (Å²) >= 11 is 1.44. The highest BCUT2D eigenvalue weighted by Crippen LogP contribution is 2.59. The minimum Gasteiger partial charge on any atom is -0.490 e. The Morgan fingerprint density at radius 3 is 2.44 bits per heavy atom. The van der Waals surface area contributed by atoms with E-state index >= 15 is 0 Å². The van der Waals surface area contributed by atoms with E-state index in [1.54, 1.807) is 12.1 Å². The fourth-order valence-electron chi connectivity index (χ4n) is 4.16. The highest BCUT2D eigenvalue weighted by molar-refractivity contribution is 8.00. The van der Waals surface area contributed by atoms with E-state index in [0.717, 1.165) is 36.3 Å². The third-order valence-electron chi connectivity index (χ3n) is 5.46. The van der Waals surface area contributed by atoms with Crippen molar-refractivity contribution in [1.82, 2.24) is 0 Å². The highest BCUT2D eigenvalue weighted by atomic mass is 32.2. The van der Waals surface area contributed by atoms with Gasteiger partial charge in [-0.2, -0.15) is 8.78 Å². The van der Waals surface area contributed by atoms with Gasteiger partial charge in [-0.1, -0.05) is 34.2 Å². The van der Waals surface area contributed by atoms with E-state index in [-0.39, 0.29) is 22.8 Å². The molecule has 1 fully saturated rings. The maximum Gasteiger partial charge on any atom is 0.283 e. The van der Waals surface area contributed by atoms with Crippen LogP contribution in [0.4, 0.5) is 17.6 Å². The highest BCUT2D eigenvalue weighted by Gasteiger charge is 2.50. The number of hydrogen-bond donors (Lipinski definition) is 0. The normalized spacial score (nSPS) is 24.7. The van der Waals surface area contributed by atoms with Gasteiger partial charge in [0.25, 0.3) is 5.66 Å². The molecular weight excluding hydrogens is 395 g/mol. The van der Waals surface area contributed by atoms with Gasteiger partial charge in [0.1, 0.15) is 5.82 Å². The van der Waals surface area contributed by atoms with Gasteiger partial charge in [-0.25, -0.2) is 8.78 Å². The van der Waals surface area contributed by atoms with Crippen molar-refractivity contribution in [2.45, 2.75) is 41.0 Å². The average molecular weight is 414 g/mol. The first-order valence-corrected chi connectivity index (χ1v) is 10.3. The zero-order valence-corrected chi connectivity index (χ0v) is 16.5. The second-order valence-corrected chi connectivity index (χ2v) is 9.26. The fraction of sp³-hybridized carbons (Fsp3) is 0.400. The summed E-state index contributed by atoms with van der Waals surface area (Å²) in [4.78, 5) is 0.761. The number of rotatable bonds is 3. The Hall–Kier alpha value is -1.26. The summed E-state index contributed by atoms with van der Waals surface area (Å²) in [5.41, 5.74) is -2.81. The predicted molar refractivity (Wildman–Crippen MR) is 101 cm³/mol. The lowest BCUT2D eigenvalue weighted by Gasteiger charge is -2.47. The second-order valence-electron chi connectivity index (χ2n) is 7.13. The molecule has 0 spiro atoms. The van der Waals surface area contributed by atoms with Crippen LogP contribution >= 0.6 is 21.0 Å². The lowest BCUT2D eigenvalue weighted by atomic mass is 9.73. The molecule has 3 atom stereocenters. The molecule has 0 saturated heterocycles. The molecule has 1 nitrogen and oxygen atoms in total. The molecule has 1 saturated carbocycles. The summed E-state index contributed by atoms with van der Waals surface area (Å²) < 4.78 is 61.0. The Morgan fingerprint density at radius 2 is 1.74 bits per heavy atom. The molecule has 7 heteroatoms. The molecule has 2 aromatic carbocycles. The van der Waals surface area contributed by atoms with Gasteiger partial charge in [0.05, 0.1) is 11.4 Å². The van der Waals surface area contributed by atoms with E-state index < -0.39 is 22.0 Å². The van der Waals surface area contributed by atoms with Crippen LogP contribution in [0.5, 0.6) is 5.75 Å². The van der Waals surface area contributed by atoms with Gasteiger partial charge in [-0.15, -0.1) is 11.8 Å². The summed E-state index contributed by atoms with van der Waals surface area (Å²) in [6.45, 7) is 0.335. The minimum absolute atomic E-state index is 0.00578. The Bertz CT molecular complexity index is 852. The first-order valence-electron chi connectivity index (χ1n) is 8.89. The molecule has 0 bridgehead atoms. The minimum atomic E-state index is -2.99. The van der Waals surface area contributed by atoms with Crippen molar-refractivity contribution in [1.29, 1.82) is 0 Å². The van der Waals surface area contributed by atoms with Crippen LogP contribution < -0.4 is 4.74 Å². The van der Waals surface area contributed by atoms with Gasteiger partial charge < -0.3 is 4.74 Å². The first kappa shape index (κ1) is 19.1. The van der Waals surface area contributed by atoms with E-state index in [9.17, 15) is 17.6 Å². The molecule has 2 aliphatic rings. The molecule has 2 aromatic rings. The smallest absolute Gasteiger partial charge is 0.283 e. The zero-order chi connectivity index (χ0) is 19.2. The lowest BCUT2D eigenvalue weighted by molar-refractivity contribution is 0.104. The summed E-state index contributed by atoms with van der Waals surface area (Å²) in [7, 11) is 1.52. The van der Waals surface area contributed by atoms with Crippen LogP contribution in [-0.2, 0) is 10.4 Å². The predicted octanol–water partition coefficient (Wildman–Crippen LogP) is 6.46. The van der Waals surface area contributed by atoms with Gasteiger partial charge in [-0.05, 0) is 37.1 Å². The molecule has 4 rings (SSSR count). The van der Waals surface area contributed by atoms with Crippen molar-refractivity contribution in [2.75, 3.05) is 6.61 Å². The first-order chi connectivity index (χ1) is 12.8. The number of alkyl halides is 2. The zero-order valence-electron chi connectivity index (χ0n) is 14.5. The van der Waals surface area contributed by atoms with Crippen LogP contribution in [0.25, 0.3) is 0 Å². The van der Waals surface area contributed by atoms with Crippen molar-refractivity contribution in [3.8, 4) is 5.75 Å². The van der Waals surface area contributed by atoms with Crippen LogP contribution in [0, 0.1) is 17.6 Å². The second kappa shape index (κ2) is 6.97. The quantitative estimate of drug-likeness (QED) is 0.421. The van der Waals surface area contributed by atoms with Gasteiger partial charge in [0.2, 0.25) is 0 Å². The third kappa shape index (κ3) is 3.36. The van der Waals surface area contributed by atoms with Crippen molar-refractivity contribution in [3.05, 3.63) is 59.2 Å². The third-order valence-corrected chi connectivity index (χ3v) is 7.41. The summed E-state index contributed by atoms with van der Waals surface area (Å²) in [6, 6.07) is 8.26. The Morgan fingerprint density at radius 1 is 1.04 bits per heavy atom. The number of halogens is 4. The molecule has 144 valence electrons. The number of fused-ring (bicyclic) bond motifs is 3. The van der Waals surface area contributed by atoms with E-state index in [4.69, 9.17) is 4.74 Å². The van der Waals surface area contributed by atoms with Crippen molar-refractivity contribution in [3.63, 3.8) is 0 Å². The number of thioether (sulfide) groups is 1. The number of hydrogen-bond acceptors (Lipinski definition) is 2. The number of benzene rings is 2. The van der Waals surface area contributed by atoms with Crippen molar-refractivity contribution >= 4 is 21.0 Å². The Kier molecular flexibility index (Phi) is 4.92. The summed E-state index contributed by atoms with van der Waals surface area (Å²) in [6.07, 6.45) is 3.48. The molecule has 1 heterocycles. The average Bonchev–Trinajstić information content (AvgIpc) is 2.63. The van der Waals surface area contributed by atoms with E-state index in [2.05, 4.69) is 0 Å². The van der Waals surface area contributed by atoms with E-state index in [1.165, 1.54) is 33.1 Å². The van der Waals surface area contributed by atoms with Gasteiger partial charge in [-0.3, -0.25) is 0 Å². The molecule has 0 radical (unpaired) electrons. The van der Waals surface area contributed by atoms with Crippen LogP contribution in [-0.4, -0.2) is 6.61 Å². The number of ether oxygens (including phenoxy) is 1. The topological polar surface area (TPSA) is 9.23 Å². The fourth-order valence-corrected chi connectivity index (χ4v) is 5.93. The van der Waals surface area contributed by atoms with Crippen molar-refractivity contribution in [2.24, 2.45) is 5.92 Å². The van der Waals surface area contributed by atoms with Gasteiger partial charge >= 0.3 is 0 Å². The Balaban J connectivity index is 1.78. The molecule has 0 amide bonds. The van der Waals surface area contributed by atoms with Crippen LogP contribution in [0.3, 0.4) is 0 Å². The maximum atomic E-state index is 14.8. The van der Waals surface area contributed by atoms with E-state index in [1.807, 2.05) is 0 Å². The molecule has 1 aliphatic heterocycles. The largest absolute Gasteiger partial charge is 0.490 e. The SMILES string of the molecule is Fc1ccc(F)c2c1OCC1CCCC[C@@]21Sc1ccc(C(F)(F)P)cc1. The van der Waals surface area contributed by atoms with E-state index in [0.29, 0.717) is 13.0 Å². The van der Waals surface area contributed by atoms with Crippen LogP contribution in [0.15, 0.2) is 41.3 Å². The standard InChI is InChI=1S/C20H19F4OPS/c21-15-8-9-16(22)18-17(15)19(10-2-1-3-13(19)11-25-18)27-14-6-4-12(5-7-14)20(23,24)26/h4-9,13H,1-3,10-11,26H2/t13?,19-/m0/s1. The van der Waals surface area contributed by atoms with Crippen LogP contribution in [0.2, 0.25) is 0 Å². The Labute approximate surface area is 162 Å². The molecule has 1 aliphatic carbocycles. The molecule has 2 unspecified atom stereocenters. The summed E-state index contributed by atoms with van der Waals surface area (Å²) in [5, 5.41) is 0. The molecule has 0 N–H and O–H groups in total. The molecule has 27 heavy (non-hydrogen) atoms.